The fourth-order valence-corrected chi connectivity index (χ4v) is 0.785. The van der Waals surface area contributed by atoms with E-state index in [4.69, 9.17) is 5.73 Å². The molecule has 9 heteroatoms. The number of alkyl halides is 3. The zero-order chi connectivity index (χ0) is 12.3. The van der Waals surface area contributed by atoms with Gasteiger partial charge in [0.2, 0.25) is 17.7 Å². The molecule has 0 saturated heterocycles. The van der Waals surface area contributed by atoms with Gasteiger partial charge in [-0.05, 0) is 0 Å². The number of nitrogens with zero attached hydrogens (tertiary/aromatic N) is 2. The van der Waals surface area contributed by atoms with Crippen molar-refractivity contribution in [2.24, 2.45) is 11.7 Å². The molecule has 1 unspecified atom stereocenters. The number of halogens is 3. The van der Waals surface area contributed by atoms with Gasteiger partial charge >= 0.3 is 6.18 Å². The van der Waals surface area contributed by atoms with Crippen molar-refractivity contribution in [1.29, 1.82) is 0 Å². The summed E-state index contributed by atoms with van der Waals surface area (Å²) in [4.78, 5) is 14.3. The summed E-state index contributed by atoms with van der Waals surface area (Å²) in [7, 11) is 0. The van der Waals surface area contributed by atoms with E-state index in [1.54, 1.807) is 5.10 Å². The lowest BCUT2D eigenvalue weighted by Gasteiger charge is -2.06. The molecule has 1 amide bonds. The van der Waals surface area contributed by atoms with E-state index in [1.807, 2.05) is 0 Å². The molecule has 0 radical (unpaired) electrons. The first kappa shape index (κ1) is 12.4. The number of rotatable bonds is 3. The van der Waals surface area contributed by atoms with E-state index in [0.717, 1.165) is 0 Å². The Bertz CT molecular complexity index is 374. The summed E-state index contributed by atoms with van der Waals surface area (Å²) >= 11 is 0. The maximum Gasteiger partial charge on any atom is 0.451 e. The molecule has 0 aromatic carbocycles. The van der Waals surface area contributed by atoms with Gasteiger partial charge in [0, 0.05) is 12.5 Å². The van der Waals surface area contributed by atoms with Crippen molar-refractivity contribution >= 4 is 11.9 Å². The highest BCUT2D eigenvalue weighted by Crippen LogP contribution is 2.26. The maximum atomic E-state index is 12.1. The quantitative estimate of drug-likeness (QED) is 0.706. The Morgan fingerprint density at radius 3 is 2.69 bits per heavy atom. The fourth-order valence-electron chi connectivity index (χ4n) is 0.785. The molecule has 90 valence electrons. The smallest absolute Gasteiger partial charge is 0.330 e. The fraction of sp³-hybridized carbons (Fsp3) is 0.571. The summed E-state index contributed by atoms with van der Waals surface area (Å²) in [6, 6.07) is 0. The van der Waals surface area contributed by atoms with Crippen LogP contribution in [0.3, 0.4) is 0 Å². The van der Waals surface area contributed by atoms with Crippen LogP contribution in [0.15, 0.2) is 0 Å². The third-order valence-corrected chi connectivity index (χ3v) is 1.79. The average Bonchev–Trinajstić information content (AvgIpc) is 2.64. The topological polar surface area (TPSA) is 96.7 Å². The van der Waals surface area contributed by atoms with Crippen LogP contribution in [-0.2, 0) is 11.0 Å². The third kappa shape index (κ3) is 2.92. The first-order valence-electron chi connectivity index (χ1n) is 4.35. The largest absolute Gasteiger partial charge is 0.451 e. The molecule has 16 heavy (non-hydrogen) atoms. The molecule has 0 aliphatic carbocycles. The third-order valence-electron chi connectivity index (χ3n) is 1.79. The van der Waals surface area contributed by atoms with Crippen LogP contribution in [0.1, 0.15) is 12.7 Å². The summed E-state index contributed by atoms with van der Waals surface area (Å²) in [5.74, 6) is -2.73. The van der Waals surface area contributed by atoms with Crippen LogP contribution in [0.4, 0.5) is 19.1 Å². The number of anilines is 1. The zero-order valence-electron chi connectivity index (χ0n) is 8.30. The number of hydrogen-bond acceptors (Lipinski definition) is 4. The number of aromatic amines is 1. The molecule has 0 saturated carbocycles. The SMILES string of the molecule is CC(CN)C(=O)Nc1n[nH]c(C(F)(F)F)n1. The Labute approximate surface area is 88.4 Å². The van der Waals surface area contributed by atoms with Gasteiger partial charge in [-0.3, -0.25) is 15.2 Å². The van der Waals surface area contributed by atoms with Crippen molar-refractivity contribution in [2.75, 3.05) is 11.9 Å². The van der Waals surface area contributed by atoms with Gasteiger partial charge in [-0.25, -0.2) is 0 Å². The number of carbonyl (C=O) groups is 1. The van der Waals surface area contributed by atoms with Gasteiger partial charge in [0.25, 0.3) is 0 Å². The molecule has 1 aromatic rings. The van der Waals surface area contributed by atoms with Crippen molar-refractivity contribution in [3.8, 4) is 0 Å². The minimum Gasteiger partial charge on any atom is -0.330 e. The van der Waals surface area contributed by atoms with E-state index in [1.165, 1.54) is 6.92 Å². The van der Waals surface area contributed by atoms with E-state index in [-0.39, 0.29) is 6.54 Å². The molecule has 1 heterocycles. The molecule has 0 spiro atoms. The van der Waals surface area contributed by atoms with Crippen molar-refractivity contribution in [1.82, 2.24) is 15.2 Å². The number of hydrogen-bond donors (Lipinski definition) is 3. The molecule has 1 rings (SSSR count). The van der Waals surface area contributed by atoms with Crippen molar-refractivity contribution in [3.63, 3.8) is 0 Å². The number of nitrogens with two attached hydrogens (primary N) is 1. The Kier molecular flexibility index (Phi) is 3.48. The molecule has 1 aromatic heterocycles. The molecule has 0 aliphatic rings. The summed E-state index contributed by atoms with van der Waals surface area (Å²) in [6.45, 7) is 1.62. The summed E-state index contributed by atoms with van der Waals surface area (Å²) < 4.78 is 36.3. The van der Waals surface area contributed by atoms with Crippen LogP contribution in [0.5, 0.6) is 0 Å². The van der Waals surface area contributed by atoms with E-state index < -0.39 is 29.8 Å². The van der Waals surface area contributed by atoms with Gasteiger partial charge < -0.3 is 5.73 Å². The monoisotopic (exact) mass is 237 g/mol. The highest BCUT2D eigenvalue weighted by atomic mass is 19.4. The first-order chi connectivity index (χ1) is 7.34. The van der Waals surface area contributed by atoms with Crippen LogP contribution in [0, 0.1) is 5.92 Å². The van der Waals surface area contributed by atoms with E-state index >= 15 is 0 Å². The molecule has 4 N–H and O–H groups in total. The standard InChI is InChI=1S/C7H10F3N5O/c1-3(2-11)4(16)12-6-13-5(14-15-6)7(8,9)10/h3H,2,11H2,1H3,(H2,12,13,14,15,16). The van der Waals surface area contributed by atoms with Gasteiger partial charge in [0.15, 0.2) is 0 Å². The lowest BCUT2D eigenvalue weighted by molar-refractivity contribution is -0.144. The van der Waals surface area contributed by atoms with Crippen LogP contribution < -0.4 is 11.1 Å². The van der Waals surface area contributed by atoms with Gasteiger partial charge in [-0.1, -0.05) is 6.92 Å². The second-order valence-corrected chi connectivity index (χ2v) is 3.13. The van der Waals surface area contributed by atoms with Gasteiger partial charge in [-0.15, -0.1) is 5.10 Å². The highest BCUT2D eigenvalue weighted by Gasteiger charge is 2.35. The lowest BCUT2D eigenvalue weighted by atomic mass is 10.2. The molecule has 1 atom stereocenters. The molecular formula is C7H10F3N5O. The molecule has 6 nitrogen and oxygen atoms in total. The van der Waals surface area contributed by atoms with Gasteiger partial charge in [0.05, 0.1) is 0 Å². The molecule has 0 bridgehead atoms. The number of H-pyrrole nitrogens is 1. The number of amides is 1. The zero-order valence-corrected chi connectivity index (χ0v) is 8.30. The van der Waals surface area contributed by atoms with E-state index in [9.17, 15) is 18.0 Å². The summed E-state index contributed by atoms with van der Waals surface area (Å²) in [5.41, 5.74) is 5.21. The Morgan fingerprint density at radius 1 is 1.62 bits per heavy atom. The molecular weight excluding hydrogens is 227 g/mol. The van der Waals surface area contributed by atoms with Crippen molar-refractivity contribution < 1.29 is 18.0 Å². The van der Waals surface area contributed by atoms with Crippen LogP contribution >= 0.6 is 0 Å². The normalized spacial score (nSPS) is 13.6. The number of nitrogens with one attached hydrogen (secondary N) is 2. The first-order valence-corrected chi connectivity index (χ1v) is 4.35. The Hall–Kier alpha value is -1.64. The van der Waals surface area contributed by atoms with Crippen molar-refractivity contribution in [3.05, 3.63) is 5.82 Å². The average molecular weight is 237 g/mol. The Balaban J connectivity index is 2.70. The highest BCUT2D eigenvalue weighted by molar-refractivity contribution is 5.90. The summed E-state index contributed by atoms with van der Waals surface area (Å²) in [6.07, 6.45) is -4.62. The van der Waals surface area contributed by atoms with E-state index in [2.05, 4.69) is 15.4 Å². The van der Waals surface area contributed by atoms with E-state index in [0.29, 0.717) is 0 Å². The second kappa shape index (κ2) is 4.47. The Morgan fingerprint density at radius 2 is 2.25 bits per heavy atom. The molecule has 0 aliphatic heterocycles. The van der Waals surface area contributed by atoms with Gasteiger partial charge in [0.1, 0.15) is 0 Å². The number of aromatic nitrogens is 3. The summed E-state index contributed by atoms with van der Waals surface area (Å²) in [5, 5.41) is 7.00. The predicted octanol–water partition coefficient (Wildman–Crippen LogP) is 0.357. The minimum absolute atomic E-state index is 0.0857. The van der Waals surface area contributed by atoms with Gasteiger partial charge in [-0.2, -0.15) is 18.2 Å². The predicted molar refractivity (Wildman–Crippen MR) is 48.2 cm³/mol. The second-order valence-electron chi connectivity index (χ2n) is 3.13. The van der Waals surface area contributed by atoms with Crippen LogP contribution in [0.25, 0.3) is 0 Å². The molecule has 0 fully saturated rings. The number of carbonyl (C=O) groups excluding carboxylic acids is 1. The van der Waals surface area contributed by atoms with Crippen LogP contribution in [0.2, 0.25) is 0 Å². The minimum atomic E-state index is -4.62. The lowest BCUT2D eigenvalue weighted by Crippen LogP contribution is -2.27. The van der Waals surface area contributed by atoms with Crippen molar-refractivity contribution in [2.45, 2.75) is 13.1 Å². The van der Waals surface area contributed by atoms with Crippen LogP contribution in [-0.4, -0.2) is 27.6 Å². The maximum absolute atomic E-state index is 12.1.